The van der Waals surface area contributed by atoms with Crippen molar-refractivity contribution in [2.75, 3.05) is 18.1 Å². The minimum absolute atomic E-state index is 0.235. The topological polar surface area (TPSA) is 59.1 Å². The third-order valence-corrected chi connectivity index (χ3v) is 4.91. The van der Waals surface area contributed by atoms with E-state index in [9.17, 15) is 8.42 Å². The Balaban J connectivity index is 2.45. The molecule has 0 spiro atoms. The summed E-state index contributed by atoms with van der Waals surface area (Å²) in [6.07, 6.45) is 4.21. The molecule has 1 unspecified atom stereocenters. The molecule has 0 fully saturated rings. The molecule has 1 aromatic rings. The number of nitrogens with one attached hydrogen (secondary N) is 1. The van der Waals surface area contributed by atoms with Crippen molar-refractivity contribution in [3.8, 4) is 0 Å². The molecule has 1 N–H and O–H groups in total. The number of rotatable bonds is 9. The number of pyridine rings is 1. The third kappa shape index (κ3) is 6.68. The van der Waals surface area contributed by atoms with Gasteiger partial charge in [-0.1, -0.05) is 19.9 Å². The highest BCUT2D eigenvalue weighted by atomic mass is 32.2. The first-order chi connectivity index (χ1) is 9.07. The predicted octanol–water partition coefficient (Wildman–Crippen LogP) is 1.82. The van der Waals surface area contributed by atoms with E-state index in [4.69, 9.17) is 0 Å². The number of hydrogen-bond donors (Lipinski definition) is 1. The zero-order valence-corrected chi connectivity index (χ0v) is 12.6. The highest BCUT2D eigenvalue weighted by Gasteiger charge is 2.12. The lowest BCUT2D eigenvalue weighted by Crippen LogP contribution is -2.31. The molecule has 0 radical (unpaired) electrons. The van der Waals surface area contributed by atoms with E-state index >= 15 is 0 Å². The summed E-state index contributed by atoms with van der Waals surface area (Å²) in [5.41, 5.74) is 1.05. The first-order valence-corrected chi connectivity index (χ1v) is 8.73. The van der Waals surface area contributed by atoms with Crippen LogP contribution in [0.4, 0.5) is 0 Å². The largest absolute Gasteiger partial charge is 0.314 e. The van der Waals surface area contributed by atoms with Crippen molar-refractivity contribution in [3.05, 3.63) is 30.1 Å². The SMILES string of the molecule is CCNC(CCCS(=O)(=O)CC)Cc1ccccn1. The van der Waals surface area contributed by atoms with E-state index in [1.54, 1.807) is 13.1 Å². The maximum absolute atomic E-state index is 11.5. The Morgan fingerprint density at radius 1 is 1.32 bits per heavy atom. The fourth-order valence-electron chi connectivity index (χ4n) is 2.03. The summed E-state index contributed by atoms with van der Waals surface area (Å²) >= 11 is 0. The first kappa shape index (κ1) is 16.1. The van der Waals surface area contributed by atoms with Gasteiger partial charge < -0.3 is 5.32 Å². The van der Waals surface area contributed by atoms with Crippen LogP contribution in [0.5, 0.6) is 0 Å². The van der Waals surface area contributed by atoms with Crippen molar-refractivity contribution in [3.63, 3.8) is 0 Å². The average molecular weight is 284 g/mol. The van der Waals surface area contributed by atoms with Crippen LogP contribution < -0.4 is 5.32 Å². The van der Waals surface area contributed by atoms with Crippen molar-refractivity contribution in [1.82, 2.24) is 10.3 Å². The van der Waals surface area contributed by atoms with Gasteiger partial charge in [-0.05, 0) is 31.5 Å². The molecule has 0 aliphatic rings. The maximum Gasteiger partial charge on any atom is 0.150 e. The molecule has 1 rings (SSSR count). The maximum atomic E-state index is 11.5. The second-order valence-electron chi connectivity index (χ2n) is 4.66. The van der Waals surface area contributed by atoms with Gasteiger partial charge in [0.1, 0.15) is 9.84 Å². The summed E-state index contributed by atoms with van der Waals surface area (Å²) in [6.45, 7) is 4.65. The second kappa shape index (κ2) is 8.27. The summed E-state index contributed by atoms with van der Waals surface area (Å²) in [4.78, 5) is 4.32. The number of aromatic nitrogens is 1. The van der Waals surface area contributed by atoms with Crippen LogP contribution in [0.25, 0.3) is 0 Å². The lowest BCUT2D eigenvalue weighted by Gasteiger charge is -2.17. The fourth-order valence-corrected chi connectivity index (χ4v) is 2.93. The van der Waals surface area contributed by atoms with Gasteiger partial charge in [0.25, 0.3) is 0 Å². The van der Waals surface area contributed by atoms with E-state index in [1.165, 1.54) is 0 Å². The Hall–Kier alpha value is -0.940. The number of likely N-dealkylation sites (N-methyl/N-ethyl adjacent to an activating group) is 1. The van der Waals surface area contributed by atoms with Crippen LogP contribution in [-0.4, -0.2) is 37.5 Å². The third-order valence-electron chi connectivity index (χ3n) is 3.12. The lowest BCUT2D eigenvalue weighted by molar-refractivity contribution is 0.480. The van der Waals surface area contributed by atoms with Gasteiger partial charge in [-0.3, -0.25) is 4.98 Å². The van der Waals surface area contributed by atoms with Crippen LogP contribution >= 0.6 is 0 Å². The van der Waals surface area contributed by atoms with E-state index < -0.39 is 9.84 Å². The molecule has 4 nitrogen and oxygen atoms in total. The highest BCUT2D eigenvalue weighted by Crippen LogP contribution is 2.07. The van der Waals surface area contributed by atoms with Crippen molar-refractivity contribution < 1.29 is 8.42 Å². The molecular formula is C14H24N2O2S. The van der Waals surface area contributed by atoms with Crippen LogP contribution in [0, 0.1) is 0 Å². The predicted molar refractivity (Wildman–Crippen MR) is 79.0 cm³/mol. The quantitative estimate of drug-likeness (QED) is 0.751. The Kier molecular flexibility index (Phi) is 7.02. The molecule has 0 saturated carbocycles. The Labute approximate surface area is 116 Å². The van der Waals surface area contributed by atoms with Gasteiger partial charge >= 0.3 is 0 Å². The monoisotopic (exact) mass is 284 g/mol. The van der Waals surface area contributed by atoms with Gasteiger partial charge in [-0.2, -0.15) is 0 Å². The van der Waals surface area contributed by atoms with Crippen molar-refractivity contribution in [1.29, 1.82) is 0 Å². The zero-order chi connectivity index (χ0) is 14.1. The molecule has 5 heteroatoms. The lowest BCUT2D eigenvalue weighted by atomic mass is 10.1. The summed E-state index contributed by atoms with van der Waals surface area (Å²) in [6, 6.07) is 6.19. The van der Waals surface area contributed by atoms with Crippen LogP contribution in [0.1, 0.15) is 32.4 Å². The van der Waals surface area contributed by atoms with Crippen molar-refractivity contribution in [2.24, 2.45) is 0 Å². The van der Waals surface area contributed by atoms with Crippen LogP contribution in [0.15, 0.2) is 24.4 Å². The smallest absolute Gasteiger partial charge is 0.150 e. The summed E-state index contributed by atoms with van der Waals surface area (Å²) in [7, 11) is -2.85. The van der Waals surface area contributed by atoms with Crippen LogP contribution in [0.2, 0.25) is 0 Å². The summed E-state index contributed by atoms with van der Waals surface area (Å²) < 4.78 is 22.9. The molecule has 108 valence electrons. The first-order valence-electron chi connectivity index (χ1n) is 6.91. The molecule has 0 saturated heterocycles. The van der Waals surface area contributed by atoms with E-state index in [0.29, 0.717) is 12.5 Å². The van der Waals surface area contributed by atoms with Crippen molar-refractivity contribution in [2.45, 2.75) is 39.2 Å². The van der Waals surface area contributed by atoms with Crippen LogP contribution in [-0.2, 0) is 16.3 Å². The molecule has 19 heavy (non-hydrogen) atoms. The molecule has 1 heterocycles. The molecule has 0 aliphatic heterocycles. The summed E-state index contributed by atoms with van der Waals surface area (Å²) in [5.74, 6) is 0.521. The minimum atomic E-state index is -2.85. The second-order valence-corrected chi connectivity index (χ2v) is 7.13. The Morgan fingerprint density at radius 2 is 2.11 bits per heavy atom. The molecule has 0 aromatic carbocycles. The Bertz CT molecular complexity index is 446. The molecule has 0 aliphatic carbocycles. The fraction of sp³-hybridized carbons (Fsp3) is 0.643. The molecule has 1 aromatic heterocycles. The molecule has 1 atom stereocenters. The van der Waals surface area contributed by atoms with Crippen molar-refractivity contribution >= 4 is 9.84 Å². The van der Waals surface area contributed by atoms with E-state index in [0.717, 1.165) is 25.1 Å². The van der Waals surface area contributed by atoms with E-state index in [1.807, 2.05) is 18.2 Å². The molecule has 0 bridgehead atoms. The number of nitrogens with zero attached hydrogens (tertiary/aromatic N) is 1. The molecule has 0 amide bonds. The Morgan fingerprint density at radius 3 is 2.68 bits per heavy atom. The van der Waals surface area contributed by atoms with E-state index in [-0.39, 0.29) is 11.5 Å². The van der Waals surface area contributed by atoms with Crippen LogP contribution in [0.3, 0.4) is 0 Å². The molecular weight excluding hydrogens is 260 g/mol. The summed E-state index contributed by atoms with van der Waals surface area (Å²) in [5, 5.41) is 3.40. The minimum Gasteiger partial charge on any atom is -0.314 e. The van der Waals surface area contributed by atoms with Gasteiger partial charge in [-0.15, -0.1) is 0 Å². The van der Waals surface area contributed by atoms with Gasteiger partial charge in [-0.25, -0.2) is 8.42 Å². The van der Waals surface area contributed by atoms with Gasteiger partial charge in [0.15, 0.2) is 0 Å². The van der Waals surface area contributed by atoms with Gasteiger partial charge in [0, 0.05) is 30.1 Å². The number of sulfone groups is 1. The van der Waals surface area contributed by atoms with Gasteiger partial charge in [0.05, 0.1) is 5.75 Å². The number of hydrogen-bond acceptors (Lipinski definition) is 4. The highest BCUT2D eigenvalue weighted by molar-refractivity contribution is 7.91. The zero-order valence-electron chi connectivity index (χ0n) is 11.8. The standard InChI is InChI=1S/C14H24N2O2S/c1-3-15-13(9-7-11-19(17,18)4-2)12-14-8-5-6-10-16-14/h5-6,8,10,13,15H,3-4,7,9,11-12H2,1-2H3. The van der Waals surface area contributed by atoms with E-state index in [2.05, 4.69) is 17.2 Å². The normalized spacial score (nSPS) is 13.4. The van der Waals surface area contributed by atoms with Gasteiger partial charge in [0.2, 0.25) is 0 Å². The average Bonchev–Trinajstić information content (AvgIpc) is 2.40.